The summed E-state index contributed by atoms with van der Waals surface area (Å²) >= 11 is 6.28. The number of nitrogens with one attached hydrogen (secondary N) is 1. The van der Waals surface area contributed by atoms with E-state index in [2.05, 4.69) is 5.32 Å². The Morgan fingerprint density at radius 2 is 1.59 bits per heavy atom. The van der Waals surface area contributed by atoms with Gasteiger partial charge in [-0.25, -0.2) is 8.42 Å². The van der Waals surface area contributed by atoms with Crippen molar-refractivity contribution in [3.05, 3.63) is 95.0 Å². The summed E-state index contributed by atoms with van der Waals surface area (Å²) in [6.07, 6.45) is 7.02. The molecule has 1 aliphatic rings. The van der Waals surface area contributed by atoms with Crippen LogP contribution in [0.1, 0.15) is 56.1 Å². The molecular weight excluding hydrogens is 598 g/mol. The summed E-state index contributed by atoms with van der Waals surface area (Å²) in [4.78, 5) is 29.6. The second-order valence-electron chi connectivity index (χ2n) is 11.3. The highest BCUT2D eigenvalue weighted by molar-refractivity contribution is 7.92. The van der Waals surface area contributed by atoms with E-state index in [0.29, 0.717) is 17.9 Å². The number of anilines is 1. The van der Waals surface area contributed by atoms with Gasteiger partial charge in [-0.05, 0) is 48.6 Å². The number of sulfonamides is 1. The summed E-state index contributed by atoms with van der Waals surface area (Å²) in [5, 5.41) is 3.54. The topological polar surface area (TPSA) is 96.0 Å². The van der Waals surface area contributed by atoms with E-state index in [1.165, 1.54) is 23.9 Å². The van der Waals surface area contributed by atoms with E-state index >= 15 is 0 Å². The SMILES string of the molecule is COc1ccc(N(CCCC(=O)N(Cc2ccccc2)[C@H](Cc2ccccc2)C(=O)NC2CCCCC2)S(C)(=O)=O)cc1Cl. The van der Waals surface area contributed by atoms with Crippen molar-refractivity contribution in [1.29, 1.82) is 0 Å². The van der Waals surface area contributed by atoms with Gasteiger partial charge in [-0.3, -0.25) is 13.9 Å². The normalized spacial score (nSPS) is 14.4. The third-order valence-electron chi connectivity index (χ3n) is 7.99. The lowest BCUT2D eigenvalue weighted by atomic mass is 9.94. The number of amides is 2. The van der Waals surface area contributed by atoms with Gasteiger partial charge in [0.15, 0.2) is 0 Å². The van der Waals surface area contributed by atoms with E-state index in [4.69, 9.17) is 16.3 Å². The average molecular weight is 640 g/mol. The Labute approximate surface area is 266 Å². The van der Waals surface area contributed by atoms with Crippen molar-refractivity contribution < 1.29 is 22.7 Å². The molecule has 0 radical (unpaired) electrons. The maximum atomic E-state index is 14.0. The molecule has 44 heavy (non-hydrogen) atoms. The van der Waals surface area contributed by atoms with Crippen molar-refractivity contribution in [3.8, 4) is 5.75 Å². The number of carbonyl (C=O) groups excluding carboxylic acids is 2. The van der Waals surface area contributed by atoms with Crippen LogP contribution < -0.4 is 14.4 Å². The summed E-state index contributed by atoms with van der Waals surface area (Å²) in [6, 6.07) is 23.5. The summed E-state index contributed by atoms with van der Waals surface area (Å²) in [7, 11) is -2.17. The van der Waals surface area contributed by atoms with E-state index < -0.39 is 16.1 Å². The second kappa shape index (κ2) is 16.0. The number of nitrogens with zero attached hydrogens (tertiary/aromatic N) is 2. The Morgan fingerprint density at radius 3 is 2.18 bits per heavy atom. The van der Waals surface area contributed by atoms with Gasteiger partial charge < -0.3 is 15.0 Å². The molecule has 1 atom stereocenters. The van der Waals surface area contributed by atoms with E-state index in [0.717, 1.165) is 43.1 Å². The number of rotatable bonds is 14. The molecule has 4 rings (SSSR count). The Kier molecular flexibility index (Phi) is 12.1. The molecule has 0 saturated heterocycles. The van der Waals surface area contributed by atoms with Crippen molar-refractivity contribution >= 4 is 39.1 Å². The zero-order chi connectivity index (χ0) is 31.5. The number of halogens is 1. The molecule has 0 spiro atoms. The fourth-order valence-electron chi connectivity index (χ4n) is 5.69. The molecule has 236 valence electrons. The van der Waals surface area contributed by atoms with Crippen LogP contribution in [-0.4, -0.2) is 57.1 Å². The number of carbonyl (C=O) groups is 2. The first kappa shape index (κ1) is 33.3. The lowest BCUT2D eigenvalue weighted by Crippen LogP contribution is -2.52. The van der Waals surface area contributed by atoms with Crippen LogP contribution in [-0.2, 0) is 32.6 Å². The smallest absolute Gasteiger partial charge is 0.243 e. The maximum Gasteiger partial charge on any atom is 0.243 e. The molecule has 1 N–H and O–H groups in total. The van der Waals surface area contributed by atoms with E-state index in [1.54, 1.807) is 17.0 Å². The average Bonchev–Trinajstić information content (AvgIpc) is 3.01. The highest BCUT2D eigenvalue weighted by atomic mass is 35.5. The van der Waals surface area contributed by atoms with Crippen molar-refractivity contribution in [2.45, 2.75) is 70.0 Å². The highest BCUT2D eigenvalue weighted by Crippen LogP contribution is 2.30. The molecule has 0 aliphatic heterocycles. The second-order valence-corrected chi connectivity index (χ2v) is 13.6. The predicted molar refractivity (Wildman–Crippen MR) is 175 cm³/mol. The van der Waals surface area contributed by atoms with Crippen LogP contribution >= 0.6 is 11.6 Å². The van der Waals surface area contributed by atoms with Gasteiger partial charge in [-0.2, -0.15) is 0 Å². The monoisotopic (exact) mass is 639 g/mol. The minimum atomic E-state index is -3.66. The first-order valence-corrected chi connectivity index (χ1v) is 17.4. The summed E-state index contributed by atoms with van der Waals surface area (Å²) in [5.41, 5.74) is 2.26. The molecule has 1 fully saturated rings. The highest BCUT2D eigenvalue weighted by Gasteiger charge is 2.32. The van der Waals surface area contributed by atoms with E-state index in [-0.39, 0.29) is 48.8 Å². The molecule has 0 bridgehead atoms. The molecular formula is C34H42ClN3O5S. The molecule has 3 aromatic carbocycles. The predicted octanol–water partition coefficient (Wildman–Crippen LogP) is 5.98. The lowest BCUT2D eigenvalue weighted by molar-refractivity contribution is -0.141. The molecule has 10 heteroatoms. The molecule has 2 amide bonds. The van der Waals surface area contributed by atoms with Gasteiger partial charge >= 0.3 is 0 Å². The van der Waals surface area contributed by atoms with Gasteiger partial charge in [0, 0.05) is 32.0 Å². The van der Waals surface area contributed by atoms with Gasteiger partial charge in [-0.1, -0.05) is 91.5 Å². The quantitative estimate of drug-likeness (QED) is 0.234. The number of ether oxygens (including phenoxy) is 1. The minimum absolute atomic E-state index is 0.0603. The zero-order valence-corrected chi connectivity index (χ0v) is 27.0. The van der Waals surface area contributed by atoms with Gasteiger partial charge in [0.2, 0.25) is 21.8 Å². The Balaban J connectivity index is 1.57. The molecule has 1 aliphatic carbocycles. The number of hydrogen-bond acceptors (Lipinski definition) is 5. The molecule has 0 unspecified atom stereocenters. The summed E-state index contributed by atoms with van der Waals surface area (Å²) in [6.45, 7) is 0.336. The number of benzene rings is 3. The standard InChI is InChI=1S/C34H42ClN3O5S/c1-43-32-21-20-29(24-30(32)35)38(44(2,41)42)22-12-19-33(39)37(25-27-15-8-4-9-16-27)31(23-26-13-6-3-7-14-26)34(40)36-28-17-10-5-11-18-28/h3-4,6-9,13-16,20-21,24,28,31H,5,10-12,17-19,22-23,25H2,1-2H3,(H,36,40)/t31-/m1/s1. The molecule has 3 aromatic rings. The van der Waals surface area contributed by atoms with Gasteiger partial charge in [0.05, 0.1) is 24.1 Å². The van der Waals surface area contributed by atoms with Crippen LogP contribution in [0, 0.1) is 0 Å². The zero-order valence-electron chi connectivity index (χ0n) is 25.5. The van der Waals surface area contributed by atoms with Gasteiger partial charge in [-0.15, -0.1) is 0 Å². The third-order valence-corrected chi connectivity index (χ3v) is 9.48. The van der Waals surface area contributed by atoms with Gasteiger partial charge in [0.1, 0.15) is 11.8 Å². The van der Waals surface area contributed by atoms with Crippen LogP contribution in [0.4, 0.5) is 5.69 Å². The summed E-state index contributed by atoms with van der Waals surface area (Å²) in [5.74, 6) is 0.0667. The number of methoxy groups -OCH3 is 1. The Morgan fingerprint density at radius 1 is 0.955 bits per heavy atom. The maximum absolute atomic E-state index is 14.0. The van der Waals surface area contributed by atoms with Crippen LogP contribution in [0.15, 0.2) is 78.9 Å². The van der Waals surface area contributed by atoms with Crippen molar-refractivity contribution in [2.24, 2.45) is 0 Å². The third kappa shape index (κ3) is 9.47. The first-order valence-electron chi connectivity index (χ1n) is 15.1. The lowest BCUT2D eigenvalue weighted by Gasteiger charge is -2.34. The van der Waals surface area contributed by atoms with Crippen molar-refractivity contribution in [2.75, 3.05) is 24.2 Å². The fraction of sp³-hybridized carbons (Fsp3) is 0.412. The molecule has 0 aromatic heterocycles. The number of hydrogen-bond donors (Lipinski definition) is 1. The molecule has 1 saturated carbocycles. The largest absolute Gasteiger partial charge is 0.495 e. The minimum Gasteiger partial charge on any atom is -0.495 e. The van der Waals surface area contributed by atoms with Crippen LogP contribution in [0.5, 0.6) is 5.75 Å². The first-order chi connectivity index (χ1) is 21.2. The van der Waals surface area contributed by atoms with Gasteiger partial charge in [0.25, 0.3) is 0 Å². The Hall–Kier alpha value is -3.56. The van der Waals surface area contributed by atoms with E-state index in [1.807, 2.05) is 60.7 Å². The van der Waals surface area contributed by atoms with Crippen LogP contribution in [0.3, 0.4) is 0 Å². The Bertz CT molecular complexity index is 1480. The van der Waals surface area contributed by atoms with Crippen LogP contribution in [0.2, 0.25) is 5.02 Å². The fourth-order valence-corrected chi connectivity index (χ4v) is 6.90. The van der Waals surface area contributed by atoms with Crippen molar-refractivity contribution in [3.63, 3.8) is 0 Å². The van der Waals surface area contributed by atoms with E-state index in [9.17, 15) is 18.0 Å². The summed E-state index contributed by atoms with van der Waals surface area (Å²) < 4.78 is 31.9. The molecule has 0 heterocycles. The molecule has 8 nitrogen and oxygen atoms in total. The van der Waals surface area contributed by atoms with Crippen molar-refractivity contribution in [1.82, 2.24) is 10.2 Å². The van der Waals surface area contributed by atoms with Crippen LogP contribution in [0.25, 0.3) is 0 Å².